The molecule has 0 aliphatic rings. The molecule has 0 heterocycles. The van der Waals surface area contributed by atoms with E-state index in [1.54, 1.807) is 38.1 Å². The summed E-state index contributed by atoms with van der Waals surface area (Å²) in [6.07, 6.45) is 1.17. The zero-order valence-electron chi connectivity index (χ0n) is 9.73. The number of hydrogen-bond donors (Lipinski definition) is 0. The Labute approximate surface area is 96.4 Å². The van der Waals surface area contributed by atoms with Crippen molar-refractivity contribution in [2.45, 2.75) is 19.6 Å². The quantitative estimate of drug-likeness (QED) is 0.757. The summed E-state index contributed by atoms with van der Waals surface area (Å²) in [6.45, 7) is 3.61. The summed E-state index contributed by atoms with van der Waals surface area (Å²) in [7, 11) is -3.11. The van der Waals surface area contributed by atoms with E-state index in [1.165, 1.54) is 6.26 Å². The number of hydrogen-bond acceptors (Lipinski definition) is 3. The zero-order chi connectivity index (χ0) is 12.3. The first-order valence-electron chi connectivity index (χ1n) is 5.11. The van der Waals surface area contributed by atoms with E-state index in [0.717, 1.165) is 0 Å². The van der Waals surface area contributed by atoms with E-state index < -0.39 is 9.84 Å². The Balaban J connectivity index is 3.16. The molecule has 0 aliphatic carbocycles. The Morgan fingerprint density at radius 2 is 1.81 bits per heavy atom. The van der Waals surface area contributed by atoms with Crippen molar-refractivity contribution in [3.05, 3.63) is 35.4 Å². The maximum atomic E-state index is 11.9. The van der Waals surface area contributed by atoms with Crippen molar-refractivity contribution < 1.29 is 13.2 Å². The van der Waals surface area contributed by atoms with Gasteiger partial charge in [-0.2, -0.15) is 0 Å². The van der Waals surface area contributed by atoms with Crippen LogP contribution in [0.3, 0.4) is 0 Å². The second kappa shape index (κ2) is 4.78. The van der Waals surface area contributed by atoms with Gasteiger partial charge in [0, 0.05) is 17.7 Å². The highest BCUT2D eigenvalue weighted by atomic mass is 32.2. The van der Waals surface area contributed by atoms with Gasteiger partial charge in [0.2, 0.25) is 0 Å². The van der Waals surface area contributed by atoms with Crippen molar-refractivity contribution >= 4 is 15.6 Å². The lowest BCUT2D eigenvalue weighted by atomic mass is 9.97. The van der Waals surface area contributed by atoms with E-state index in [2.05, 4.69) is 0 Å². The Morgan fingerprint density at radius 3 is 2.31 bits per heavy atom. The van der Waals surface area contributed by atoms with Crippen molar-refractivity contribution in [3.63, 3.8) is 0 Å². The molecular weight excluding hydrogens is 224 g/mol. The topological polar surface area (TPSA) is 51.2 Å². The molecule has 0 aromatic heterocycles. The molecule has 0 bridgehead atoms. The third kappa shape index (κ3) is 3.45. The fourth-order valence-corrected chi connectivity index (χ4v) is 2.30. The lowest BCUT2D eigenvalue weighted by Gasteiger charge is -2.09. The Morgan fingerprint density at radius 1 is 1.25 bits per heavy atom. The number of sulfone groups is 1. The molecule has 1 aromatic rings. The minimum Gasteiger partial charge on any atom is -0.294 e. The maximum Gasteiger partial charge on any atom is 0.165 e. The molecule has 3 nitrogen and oxygen atoms in total. The van der Waals surface area contributed by atoms with Gasteiger partial charge in [0.15, 0.2) is 15.6 Å². The average Bonchev–Trinajstić information content (AvgIpc) is 2.15. The van der Waals surface area contributed by atoms with Crippen LogP contribution < -0.4 is 0 Å². The summed E-state index contributed by atoms with van der Waals surface area (Å²) in [5.74, 6) is -0.221. The number of ketones is 1. The van der Waals surface area contributed by atoms with Crippen molar-refractivity contribution in [2.75, 3.05) is 6.26 Å². The van der Waals surface area contributed by atoms with Crippen LogP contribution in [0.15, 0.2) is 24.3 Å². The molecular formula is C12H16O3S. The van der Waals surface area contributed by atoms with Gasteiger partial charge in [-0.1, -0.05) is 38.1 Å². The molecule has 1 aromatic carbocycles. The molecule has 0 saturated heterocycles. The highest BCUT2D eigenvalue weighted by molar-refractivity contribution is 7.89. The predicted molar refractivity (Wildman–Crippen MR) is 64.2 cm³/mol. The van der Waals surface area contributed by atoms with Crippen LogP contribution in [0, 0.1) is 5.92 Å². The minimum atomic E-state index is -3.11. The first kappa shape index (κ1) is 12.9. The van der Waals surface area contributed by atoms with Crippen molar-refractivity contribution in [2.24, 2.45) is 5.92 Å². The zero-order valence-corrected chi connectivity index (χ0v) is 10.5. The summed E-state index contributed by atoms with van der Waals surface area (Å²) in [4.78, 5) is 11.9. The third-order valence-electron chi connectivity index (χ3n) is 2.22. The van der Waals surface area contributed by atoms with Gasteiger partial charge in [-0.3, -0.25) is 4.79 Å². The summed E-state index contributed by atoms with van der Waals surface area (Å²) in [5, 5.41) is 0. The number of benzene rings is 1. The van der Waals surface area contributed by atoms with Gasteiger partial charge in [0.25, 0.3) is 0 Å². The van der Waals surface area contributed by atoms with E-state index >= 15 is 0 Å². The predicted octanol–water partition coefficient (Wildman–Crippen LogP) is 2.07. The smallest absolute Gasteiger partial charge is 0.165 e. The van der Waals surface area contributed by atoms with E-state index in [0.29, 0.717) is 11.1 Å². The Hall–Kier alpha value is -1.16. The molecule has 88 valence electrons. The molecule has 0 radical (unpaired) electrons. The van der Waals surface area contributed by atoms with Crippen LogP contribution in [-0.4, -0.2) is 20.5 Å². The lowest BCUT2D eigenvalue weighted by molar-refractivity contribution is 0.0938. The molecule has 0 fully saturated rings. The van der Waals surface area contributed by atoms with Gasteiger partial charge in [-0.25, -0.2) is 8.42 Å². The van der Waals surface area contributed by atoms with Crippen LogP contribution in [0.4, 0.5) is 0 Å². The molecule has 0 unspecified atom stereocenters. The summed E-state index contributed by atoms with van der Waals surface area (Å²) >= 11 is 0. The molecule has 0 amide bonds. The normalized spacial score (nSPS) is 11.8. The van der Waals surface area contributed by atoms with Crippen molar-refractivity contribution in [3.8, 4) is 0 Å². The fourth-order valence-electron chi connectivity index (χ4n) is 1.48. The van der Waals surface area contributed by atoms with Crippen molar-refractivity contribution in [1.82, 2.24) is 0 Å². The first-order chi connectivity index (χ1) is 7.31. The van der Waals surface area contributed by atoms with Crippen LogP contribution in [0.25, 0.3) is 0 Å². The summed E-state index contributed by atoms with van der Waals surface area (Å²) in [6, 6.07) is 6.87. The average molecular weight is 240 g/mol. The first-order valence-corrected chi connectivity index (χ1v) is 7.17. The van der Waals surface area contributed by atoms with E-state index in [4.69, 9.17) is 0 Å². The Kier molecular flexibility index (Phi) is 3.86. The second-order valence-electron chi connectivity index (χ2n) is 4.25. The standard InChI is InChI=1S/C12H16O3S/c1-9(2)12(13)11-7-5-4-6-10(11)8-16(3,14)15/h4-7,9H,8H2,1-3H3. The van der Waals surface area contributed by atoms with E-state index in [9.17, 15) is 13.2 Å². The number of Topliss-reactive ketones (excluding diaryl/α,β-unsaturated/α-hetero) is 1. The Bertz CT molecular complexity index is 487. The minimum absolute atomic E-state index is 0.0146. The van der Waals surface area contributed by atoms with Gasteiger partial charge < -0.3 is 0 Å². The van der Waals surface area contributed by atoms with E-state index in [1.807, 2.05) is 0 Å². The maximum absolute atomic E-state index is 11.9. The van der Waals surface area contributed by atoms with Crippen LogP contribution in [0.5, 0.6) is 0 Å². The summed E-state index contributed by atoms with van der Waals surface area (Å²) < 4.78 is 22.5. The lowest BCUT2D eigenvalue weighted by Crippen LogP contribution is -2.12. The molecule has 0 spiro atoms. The van der Waals surface area contributed by atoms with Crippen LogP contribution in [0.2, 0.25) is 0 Å². The van der Waals surface area contributed by atoms with E-state index in [-0.39, 0.29) is 17.5 Å². The molecule has 0 saturated carbocycles. The summed E-state index contributed by atoms with van der Waals surface area (Å²) in [5.41, 5.74) is 1.10. The largest absolute Gasteiger partial charge is 0.294 e. The van der Waals surface area contributed by atoms with Gasteiger partial charge in [0.05, 0.1) is 5.75 Å². The SMILES string of the molecule is CC(C)C(=O)c1ccccc1CS(C)(=O)=O. The van der Waals surface area contributed by atoms with Crippen LogP contribution >= 0.6 is 0 Å². The molecule has 4 heteroatoms. The second-order valence-corrected chi connectivity index (χ2v) is 6.39. The van der Waals surface area contributed by atoms with Crippen LogP contribution in [0.1, 0.15) is 29.8 Å². The molecule has 0 aliphatic heterocycles. The highest BCUT2D eigenvalue weighted by Crippen LogP contribution is 2.16. The van der Waals surface area contributed by atoms with Crippen molar-refractivity contribution in [1.29, 1.82) is 0 Å². The molecule has 1 rings (SSSR count). The molecule has 16 heavy (non-hydrogen) atoms. The third-order valence-corrected chi connectivity index (χ3v) is 3.06. The number of carbonyl (C=O) groups excluding carboxylic acids is 1. The van der Waals surface area contributed by atoms with Gasteiger partial charge in [-0.05, 0) is 5.56 Å². The van der Waals surface area contributed by atoms with Gasteiger partial charge in [0.1, 0.15) is 0 Å². The van der Waals surface area contributed by atoms with Gasteiger partial charge >= 0.3 is 0 Å². The fraction of sp³-hybridized carbons (Fsp3) is 0.417. The molecule has 0 N–H and O–H groups in total. The van der Waals surface area contributed by atoms with Crippen LogP contribution in [-0.2, 0) is 15.6 Å². The number of rotatable bonds is 4. The number of carbonyl (C=O) groups is 1. The monoisotopic (exact) mass is 240 g/mol. The molecule has 0 atom stereocenters. The van der Waals surface area contributed by atoms with Gasteiger partial charge in [-0.15, -0.1) is 0 Å². The highest BCUT2D eigenvalue weighted by Gasteiger charge is 2.16.